The summed E-state index contributed by atoms with van der Waals surface area (Å²) in [6.07, 6.45) is 11.9. The Morgan fingerprint density at radius 1 is 0.894 bits per heavy atom. The highest BCUT2D eigenvalue weighted by Gasteiger charge is 2.51. The van der Waals surface area contributed by atoms with Crippen molar-refractivity contribution in [1.82, 2.24) is 15.1 Å². The van der Waals surface area contributed by atoms with Crippen LogP contribution in [0.15, 0.2) is 48.5 Å². The Balaban J connectivity index is 0.987. The summed E-state index contributed by atoms with van der Waals surface area (Å²) < 4.78 is 13.7. The molecule has 254 valence electrons. The topological polar surface area (TPSA) is 86.3 Å². The summed E-state index contributed by atoms with van der Waals surface area (Å²) in [4.78, 5) is 18.7. The van der Waals surface area contributed by atoms with Crippen molar-refractivity contribution in [1.29, 1.82) is 0 Å². The molecule has 0 aromatic heterocycles. The zero-order chi connectivity index (χ0) is 32.0. The van der Waals surface area contributed by atoms with Gasteiger partial charge in [0.15, 0.2) is 6.29 Å². The predicted octanol–water partition coefficient (Wildman–Crippen LogP) is 6.62. The fourth-order valence-corrected chi connectivity index (χ4v) is 10.6. The zero-order valence-electron chi connectivity index (χ0n) is 28.1. The van der Waals surface area contributed by atoms with Crippen LogP contribution in [0.1, 0.15) is 100 Å². The predicted molar refractivity (Wildman–Crippen MR) is 183 cm³/mol. The number of anilines is 1. The Kier molecular flexibility index (Phi) is 9.08. The summed E-state index contributed by atoms with van der Waals surface area (Å²) in [6, 6.07) is 16.7. The summed E-state index contributed by atoms with van der Waals surface area (Å²) in [7, 11) is 0. The summed E-state index contributed by atoms with van der Waals surface area (Å²) >= 11 is 0. The Labute approximate surface area is 280 Å². The number of likely N-dealkylation sites (tertiary alicyclic amines) is 2. The SMILES string of the molecule is C[C@@H]1[C@H](CN2CCC[C@H]2CN2CCCC2)O[C@H](c2cccc(NC(=O)NC34CC5CC(CC(C5)C3)C4)c2)O[C@@H]1c1ccc(CO)cc1. The first-order valence-electron chi connectivity index (χ1n) is 18.6. The number of nitrogens with zero attached hydrogens (tertiary/aromatic N) is 2. The third-order valence-electron chi connectivity index (χ3n) is 12.5. The lowest BCUT2D eigenvalue weighted by atomic mass is 9.53. The van der Waals surface area contributed by atoms with Gasteiger partial charge in [-0.05, 0) is 125 Å². The Morgan fingerprint density at radius 3 is 2.32 bits per heavy atom. The van der Waals surface area contributed by atoms with Crippen LogP contribution in [0.3, 0.4) is 0 Å². The minimum absolute atomic E-state index is 0.00792. The van der Waals surface area contributed by atoms with Gasteiger partial charge < -0.3 is 30.1 Å². The molecule has 4 bridgehead atoms. The number of ether oxygens (including phenoxy) is 2. The Bertz CT molecular complexity index is 1360. The van der Waals surface area contributed by atoms with E-state index >= 15 is 0 Å². The van der Waals surface area contributed by atoms with Crippen molar-refractivity contribution in [2.24, 2.45) is 23.7 Å². The minimum Gasteiger partial charge on any atom is -0.392 e. The fourth-order valence-electron chi connectivity index (χ4n) is 10.6. The molecular weight excluding hydrogens is 588 g/mol. The second-order valence-corrected chi connectivity index (χ2v) is 16.0. The van der Waals surface area contributed by atoms with E-state index in [4.69, 9.17) is 9.47 Å². The van der Waals surface area contributed by atoms with Crippen LogP contribution < -0.4 is 10.6 Å². The maximum absolute atomic E-state index is 13.4. The zero-order valence-corrected chi connectivity index (χ0v) is 28.1. The van der Waals surface area contributed by atoms with E-state index in [1.807, 2.05) is 30.3 Å². The number of carbonyl (C=O) groups excluding carboxylic acids is 1. The van der Waals surface area contributed by atoms with Crippen LogP contribution in [0.4, 0.5) is 10.5 Å². The smallest absolute Gasteiger partial charge is 0.319 e. The van der Waals surface area contributed by atoms with Gasteiger partial charge in [0.1, 0.15) is 0 Å². The lowest BCUT2D eigenvalue weighted by Crippen LogP contribution is -2.60. The number of carbonyl (C=O) groups is 1. The monoisotopic (exact) mass is 642 g/mol. The van der Waals surface area contributed by atoms with Gasteiger partial charge in [0.2, 0.25) is 0 Å². The van der Waals surface area contributed by atoms with E-state index in [0.29, 0.717) is 6.04 Å². The summed E-state index contributed by atoms with van der Waals surface area (Å²) in [5.41, 5.74) is 3.65. The van der Waals surface area contributed by atoms with Crippen LogP contribution in [0.5, 0.6) is 0 Å². The van der Waals surface area contributed by atoms with E-state index in [2.05, 4.69) is 45.6 Å². The molecule has 9 rings (SSSR count). The van der Waals surface area contributed by atoms with Crippen molar-refractivity contribution in [2.45, 2.75) is 108 Å². The van der Waals surface area contributed by atoms with Gasteiger partial charge in [-0.2, -0.15) is 0 Å². The molecule has 8 heteroatoms. The Morgan fingerprint density at radius 2 is 1.62 bits per heavy atom. The maximum Gasteiger partial charge on any atom is 0.319 e. The van der Waals surface area contributed by atoms with Crippen LogP contribution >= 0.6 is 0 Å². The molecule has 5 atom stereocenters. The van der Waals surface area contributed by atoms with E-state index in [1.165, 1.54) is 58.0 Å². The van der Waals surface area contributed by atoms with E-state index in [0.717, 1.165) is 79.0 Å². The van der Waals surface area contributed by atoms with Crippen molar-refractivity contribution in [3.63, 3.8) is 0 Å². The molecule has 0 unspecified atom stereocenters. The first-order chi connectivity index (χ1) is 22.9. The van der Waals surface area contributed by atoms with Crippen molar-refractivity contribution < 1.29 is 19.4 Å². The maximum atomic E-state index is 13.4. The van der Waals surface area contributed by atoms with Gasteiger partial charge in [-0.15, -0.1) is 0 Å². The largest absolute Gasteiger partial charge is 0.392 e. The molecular formula is C39H54N4O4. The van der Waals surface area contributed by atoms with E-state index in [1.54, 1.807) is 0 Å². The number of nitrogens with one attached hydrogen (secondary N) is 2. The van der Waals surface area contributed by atoms with Gasteiger partial charge in [-0.3, -0.25) is 4.90 Å². The Hall–Kier alpha value is -2.49. The number of aliphatic hydroxyl groups excluding tert-OH is 1. The van der Waals surface area contributed by atoms with Crippen molar-refractivity contribution >= 4 is 11.7 Å². The molecule has 2 aromatic carbocycles. The van der Waals surface area contributed by atoms with Crippen LogP contribution in [0, 0.1) is 23.7 Å². The van der Waals surface area contributed by atoms with Gasteiger partial charge in [-0.1, -0.05) is 43.3 Å². The van der Waals surface area contributed by atoms with Crippen LogP contribution in [0.2, 0.25) is 0 Å². The second-order valence-electron chi connectivity index (χ2n) is 16.0. The molecule has 8 nitrogen and oxygen atoms in total. The number of urea groups is 1. The number of hydrogen-bond donors (Lipinski definition) is 3. The van der Waals surface area contributed by atoms with Crippen LogP contribution in [-0.4, -0.2) is 71.3 Å². The van der Waals surface area contributed by atoms with Gasteiger partial charge >= 0.3 is 6.03 Å². The van der Waals surface area contributed by atoms with Gasteiger partial charge in [0.05, 0.1) is 18.8 Å². The molecule has 4 aliphatic carbocycles. The second kappa shape index (κ2) is 13.4. The molecule has 3 heterocycles. The highest BCUT2D eigenvalue weighted by atomic mass is 16.7. The molecule has 2 amide bonds. The molecule has 2 aromatic rings. The molecule has 0 spiro atoms. The third kappa shape index (κ3) is 6.86. The van der Waals surface area contributed by atoms with Crippen LogP contribution in [0.25, 0.3) is 0 Å². The third-order valence-corrected chi connectivity index (χ3v) is 12.5. The molecule has 3 N–H and O–H groups in total. The van der Waals surface area contributed by atoms with E-state index in [-0.39, 0.29) is 36.3 Å². The summed E-state index contributed by atoms with van der Waals surface area (Å²) in [5.74, 6) is 2.49. The number of amides is 2. The lowest BCUT2D eigenvalue weighted by Gasteiger charge is -2.56. The quantitative estimate of drug-likeness (QED) is 0.285. The fraction of sp³-hybridized carbons (Fsp3) is 0.667. The average molecular weight is 643 g/mol. The number of aliphatic hydroxyl groups is 1. The van der Waals surface area contributed by atoms with Crippen molar-refractivity contribution in [2.75, 3.05) is 38.0 Å². The highest BCUT2D eigenvalue weighted by Crippen LogP contribution is 2.55. The number of rotatable bonds is 9. The van der Waals surface area contributed by atoms with E-state index < -0.39 is 6.29 Å². The van der Waals surface area contributed by atoms with Gasteiger partial charge in [0.25, 0.3) is 0 Å². The molecule has 47 heavy (non-hydrogen) atoms. The van der Waals surface area contributed by atoms with Gasteiger partial charge in [-0.25, -0.2) is 4.79 Å². The minimum atomic E-state index is -0.550. The first kappa shape index (κ1) is 31.8. The normalized spacial score (nSPS) is 37.0. The molecule has 0 radical (unpaired) electrons. The summed E-state index contributed by atoms with van der Waals surface area (Å²) in [6.45, 7) is 7.90. The van der Waals surface area contributed by atoms with Gasteiger partial charge in [0, 0.05) is 41.8 Å². The molecule has 3 saturated heterocycles. The number of hydrogen-bond acceptors (Lipinski definition) is 6. The molecule has 7 fully saturated rings. The lowest BCUT2D eigenvalue weighted by molar-refractivity contribution is -0.276. The average Bonchev–Trinajstić information content (AvgIpc) is 3.74. The molecule has 7 aliphatic rings. The van der Waals surface area contributed by atoms with Crippen molar-refractivity contribution in [3.8, 4) is 0 Å². The first-order valence-corrected chi connectivity index (χ1v) is 18.6. The number of benzene rings is 2. The standard InChI is InChI=1S/C39H54N4O4/c1-26-35(24-43-15-5-8-34(43)23-42-13-2-3-14-42)46-37(47-36(26)31-11-9-27(25-44)10-12-31)32-6-4-7-33(19-32)40-38(45)41-39-20-28-16-29(21-39)18-30(17-28)22-39/h4,6-7,9-12,19,26,28-30,34-37,44H,2-3,5,8,13-18,20-25H2,1H3,(H2,40,41,45)/t26-,28?,29?,30?,34+,35+,36+,37+,39?/m1/s1. The summed E-state index contributed by atoms with van der Waals surface area (Å²) in [5, 5.41) is 16.3. The van der Waals surface area contributed by atoms with E-state index in [9.17, 15) is 9.90 Å². The molecule has 4 saturated carbocycles. The van der Waals surface area contributed by atoms with Crippen LogP contribution in [-0.2, 0) is 16.1 Å². The van der Waals surface area contributed by atoms with Crippen molar-refractivity contribution in [3.05, 3.63) is 65.2 Å². The molecule has 3 aliphatic heterocycles. The highest BCUT2D eigenvalue weighted by molar-refractivity contribution is 5.90.